The second-order valence-corrected chi connectivity index (χ2v) is 15.5. The Morgan fingerprint density at radius 1 is 0.969 bits per heavy atom. The van der Waals surface area contributed by atoms with Gasteiger partial charge in [-0.2, -0.15) is 0 Å². The van der Waals surface area contributed by atoms with E-state index in [0.717, 1.165) is 49.1 Å². The fourth-order valence-electron chi connectivity index (χ4n) is 7.00. The number of hydrogen-bond acceptors (Lipinski definition) is 3. The molecule has 2 amide bonds. The summed E-state index contributed by atoms with van der Waals surface area (Å²) in [6, 6.07) is 0. The molecule has 1 N–H and O–H groups in total. The Balaban J connectivity index is 1.35. The minimum atomic E-state index is -0.183. The second kappa shape index (κ2) is 11.4. The summed E-state index contributed by atoms with van der Waals surface area (Å²) in [6.45, 7) is 4.98. The average molecular weight is 670 g/mol. The van der Waals surface area contributed by atoms with E-state index in [9.17, 15) is 9.59 Å². The number of piperazine rings is 1. The molecule has 4 saturated carbocycles. The molecule has 32 heavy (non-hydrogen) atoms. The van der Waals surface area contributed by atoms with Gasteiger partial charge < -0.3 is 0 Å². The van der Waals surface area contributed by atoms with Crippen LogP contribution in [0, 0.1) is 5.92 Å². The van der Waals surface area contributed by atoms with Crippen LogP contribution < -0.4 is 26.8 Å². The summed E-state index contributed by atoms with van der Waals surface area (Å²) in [5.74, 6) is 0.997. The van der Waals surface area contributed by atoms with Crippen LogP contribution in [0.2, 0.25) is 0 Å². The zero-order chi connectivity index (χ0) is 22.6. The molecule has 1 aliphatic heterocycles. The molecule has 0 radical (unpaired) electrons. The molecule has 5 fully saturated rings. The predicted molar refractivity (Wildman–Crippen MR) is 134 cm³/mol. The first-order valence-corrected chi connectivity index (χ1v) is 16.4. The molecule has 5 nitrogen and oxygen atoms in total. The van der Waals surface area contributed by atoms with Crippen LogP contribution in [-0.4, -0.2) is 52.5 Å². The maximum absolute atomic E-state index is 13.3. The van der Waals surface area contributed by atoms with E-state index in [1.807, 2.05) is 22.6 Å². The van der Waals surface area contributed by atoms with E-state index in [-0.39, 0.29) is 36.5 Å². The number of rotatable bonds is 4. The Labute approximate surface area is 219 Å². The van der Waals surface area contributed by atoms with E-state index in [1.165, 1.54) is 64.2 Å². The van der Waals surface area contributed by atoms with Crippen LogP contribution in [0.15, 0.2) is 0 Å². The van der Waals surface area contributed by atoms with Gasteiger partial charge in [0, 0.05) is 0 Å². The van der Waals surface area contributed by atoms with Gasteiger partial charge in [-0.25, -0.2) is 0 Å². The first-order chi connectivity index (χ1) is 15.4. The molecule has 184 valence electrons. The van der Waals surface area contributed by atoms with Crippen molar-refractivity contribution in [3.8, 4) is 0 Å². The Hall–Kier alpha value is 0.360. The Bertz CT molecular complexity index is 656. The van der Waals surface area contributed by atoms with Crippen molar-refractivity contribution < 1.29 is 31.1 Å². The van der Waals surface area contributed by atoms with Gasteiger partial charge in [-0.05, 0) is 0 Å². The maximum atomic E-state index is 13.3. The zero-order valence-electron chi connectivity index (χ0n) is 19.8. The molecule has 0 aromatic carbocycles. The molecule has 4 aliphatic carbocycles. The number of carbonyl (C=O) groups excluding carboxylic acids is 2. The van der Waals surface area contributed by atoms with Gasteiger partial charge in [0.05, 0.1) is 0 Å². The quantitative estimate of drug-likeness (QED) is 0.165. The van der Waals surface area contributed by atoms with Crippen LogP contribution in [0.4, 0.5) is 4.79 Å². The van der Waals surface area contributed by atoms with Crippen LogP contribution in [0.5, 0.6) is 0 Å². The van der Waals surface area contributed by atoms with Crippen molar-refractivity contribution in [3.05, 3.63) is 0 Å². The molecule has 0 spiro atoms. The third-order valence-electron chi connectivity index (χ3n) is 8.59. The van der Waals surface area contributed by atoms with Crippen molar-refractivity contribution in [1.82, 2.24) is 13.3 Å². The van der Waals surface area contributed by atoms with Gasteiger partial charge in [-0.15, -0.1) is 0 Å². The molecular weight excluding hydrogens is 628 g/mol. The van der Waals surface area contributed by atoms with Gasteiger partial charge >= 0.3 is 221 Å². The summed E-state index contributed by atoms with van der Waals surface area (Å²) in [5, 5.41) is 3.31. The molecule has 1 saturated heterocycles. The number of carbonyl (C=O) groups is 2. The first-order valence-electron chi connectivity index (χ1n) is 13.1. The van der Waals surface area contributed by atoms with Gasteiger partial charge in [0.2, 0.25) is 0 Å². The first kappa shape index (κ1) is 25.5. The van der Waals surface area contributed by atoms with Gasteiger partial charge in [-0.3, -0.25) is 0 Å². The fourth-order valence-corrected chi connectivity index (χ4v) is 10.9. The summed E-state index contributed by atoms with van der Waals surface area (Å²) < 4.78 is 3.20. The molecule has 1 atom stereocenters. The normalized spacial score (nSPS) is 36.1. The molecular formula is C25H42I2N3O2-. The second-order valence-electron chi connectivity index (χ2n) is 11.1. The summed E-state index contributed by atoms with van der Waals surface area (Å²) >= 11 is 1.71. The number of amides is 2. The Morgan fingerprint density at radius 3 is 2.19 bits per heavy atom. The van der Waals surface area contributed by atoms with Crippen molar-refractivity contribution >= 4 is 32.4 Å². The van der Waals surface area contributed by atoms with E-state index < -0.39 is 0 Å². The number of hydrogen-bond donors (Lipinski definition) is 1. The summed E-state index contributed by atoms with van der Waals surface area (Å²) in [7, 11) is 0. The van der Waals surface area contributed by atoms with E-state index >= 15 is 0 Å². The molecule has 7 heteroatoms. The van der Waals surface area contributed by atoms with Crippen LogP contribution in [0.25, 0.3) is 0 Å². The SMILES string of the molecule is CC1CC2(NC(=O)I)CCC(N3CCN([I-]C4CCCCCCCCC4)C(=O)C3)(CC2)C1. The number of fused-ring (bicyclic) bond motifs is 4. The third kappa shape index (κ3) is 6.32. The number of halogens is 2. The van der Waals surface area contributed by atoms with E-state index in [4.69, 9.17) is 0 Å². The van der Waals surface area contributed by atoms with Crippen molar-refractivity contribution in [2.75, 3.05) is 19.6 Å². The molecule has 1 heterocycles. The van der Waals surface area contributed by atoms with Crippen LogP contribution in [0.3, 0.4) is 0 Å². The molecule has 2 bridgehead atoms. The third-order valence-corrected chi connectivity index (χ3v) is 12.6. The summed E-state index contributed by atoms with van der Waals surface area (Å²) in [4.78, 5) is 27.7. The molecule has 0 aromatic rings. The number of nitrogens with one attached hydrogen (secondary N) is 1. The van der Waals surface area contributed by atoms with Gasteiger partial charge in [0.1, 0.15) is 0 Å². The molecule has 5 aliphatic rings. The Kier molecular flexibility index (Phi) is 9.07. The van der Waals surface area contributed by atoms with E-state index in [1.54, 1.807) is 0 Å². The summed E-state index contributed by atoms with van der Waals surface area (Å²) in [5.41, 5.74) is 0.163. The van der Waals surface area contributed by atoms with Crippen molar-refractivity contribution in [2.45, 2.75) is 118 Å². The van der Waals surface area contributed by atoms with Crippen molar-refractivity contribution in [2.24, 2.45) is 5.92 Å². The Morgan fingerprint density at radius 2 is 1.59 bits per heavy atom. The monoisotopic (exact) mass is 670 g/mol. The van der Waals surface area contributed by atoms with Crippen LogP contribution >= 0.6 is 22.6 Å². The minimum absolute atomic E-state index is 0.00913. The van der Waals surface area contributed by atoms with Gasteiger partial charge in [0.25, 0.3) is 0 Å². The van der Waals surface area contributed by atoms with Crippen LogP contribution in [0.1, 0.15) is 103 Å². The number of nitrogens with zero attached hydrogens (tertiary/aromatic N) is 2. The molecule has 1 unspecified atom stereocenters. The fraction of sp³-hybridized carbons (Fsp3) is 0.920. The summed E-state index contributed by atoms with van der Waals surface area (Å²) in [6.07, 6.45) is 19.1. The molecule has 0 aromatic heterocycles. The van der Waals surface area contributed by atoms with Crippen LogP contribution in [-0.2, 0) is 4.79 Å². The standard InChI is InChI=1S/C25H42I2N3O2/c1-20-17-24(28-23(26)32)11-13-25(18-20,14-12-24)29-15-16-30(22(31)19-29)27-21-9-7-5-3-2-4-6-8-10-21/h20-21H,2-19H2,1H3,(H,28,32)/q-1. The van der Waals surface area contributed by atoms with E-state index in [2.05, 4.69) is 20.3 Å². The van der Waals surface area contributed by atoms with Gasteiger partial charge in [-0.1, -0.05) is 0 Å². The van der Waals surface area contributed by atoms with Crippen molar-refractivity contribution in [3.63, 3.8) is 0 Å². The topological polar surface area (TPSA) is 52.7 Å². The predicted octanol–water partition coefficient (Wildman–Crippen LogP) is 2.65. The average Bonchev–Trinajstić information content (AvgIpc) is 2.98. The zero-order valence-corrected chi connectivity index (χ0v) is 24.2. The van der Waals surface area contributed by atoms with Gasteiger partial charge in [0.15, 0.2) is 0 Å². The van der Waals surface area contributed by atoms with Crippen molar-refractivity contribution in [1.29, 1.82) is 0 Å². The number of alkyl halides is 1. The molecule has 5 rings (SSSR count). The van der Waals surface area contributed by atoms with E-state index in [0.29, 0.717) is 18.4 Å².